The van der Waals surface area contributed by atoms with Gasteiger partial charge in [0.1, 0.15) is 0 Å². The zero-order valence-corrected chi connectivity index (χ0v) is 13.3. The topological polar surface area (TPSA) is 0 Å². The van der Waals surface area contributed by atoms with E-state index in [9.17, 15) is 0 Å². The number of halogens is 3. The molecule has 1 aromatic heterocycles. The van der Waals surface area contributed by atoms with Gasteiger partial charge in [0.2, 0.25) is 0 Å². The first-order valence-corrected chi connectivity index (χ1v) is 7.58. The Hall–Kier alpha value is 0.170. The Labute approximate surface area is 121 Å². The van der Waals surface area contributed by atoms with Crippen molar-refractivity contribution in [3.8, 4) is 0 Å². The van der Waals surface area contributed by atoms with Crippen molar-refractivity contribution in [1.29, 1.82) is 0 Å². The normalized spacial score (nSPS) is 12.8. The van der Waals surface area contributed by atoms with Gasteiger partial charge in [-0.15, -0.1) is 22.9 Å². The van der Waals surface area contributed by atoms with Gasteiger partial charge in [0, 0.05) is 18.7 Å². The SMILES string of the molecule is Cc1sc(C(Cl)c2ccccc2Br)cc1Br. The maximum absolute atomic E-state index is 6.48. The van der Waals surface area contributed by atoms with E-state index in [1.807, 2.05) is 24.3 Å². The highest BCUT2D eigenvalue weighted by molar-refractivity contribution is 9.10. The summed E-state index contributed by atoms with van der Waals surface area (Å²) in [6, 6.07) is 10.2. The average molecular weight is 381 g/mol. The molecule has 0 nitrogen and oxygen atoms in total. The molecule has 0 aliphatic rings. The molecule has 1 heterocycles. The van der Waals surface area contributed by atoms with E-state index in [1.165, 1.54) is 4.88 Å². The van der Waals surface area contributed by atoms with Gasteiger partial charge >= 0.3 is 0 Å². The summed E-state index contributed by atoms with van der Waals surface area (Å²) in [4.78, 5) is 2.42. The minimum absolute atomic E-state index is 0.0921. The van der Waals surface area contributed by atoms with Crippen LogP contribution < -0.4 is 0 Å². The Morgan fingerprint density at radius 1 is 1.19 bits per heavy atom. The molecule has 0 N–H and O–H groups in total. The lowest BCUT2D eigenvalue weighted by atomic mass is 10.1. The second kappa shape index (κ2) is 5.21. The highest BCUT2D eigenvalue weighted by Gasteiger charge is 2.16. The molecule has 4 heteroatoms. The summed E-state index contributed by atoms with van der Waals surface area (Å²) in [5.41, 5.74) is 1.11. The molecule has 1 atom stereocenters. The van der Waals surface area contributed by atoms with Gasteiger partial charge < -0.3 is 0 Å². The molecule has 2 aromatic rings. The number of aryl methyl sites for hydroxylation is 1. The molecular weight excluding hydrogens is 371 g/mol. The molecule has 0 fully saturated rings. The third-order valence-electron chi connectivity index (χ3n) is 2.30. The molecule has 0 aliphatic carbocycles. The van der Waals surface area contributed by atoms with E-state index in [1.54, 1.807) is 11.3 Å². The van der Waals surface area contributed by atoms with Crippen molar-refractivity contribution >= 4 is 54.8 Å². The number of thiophene rings is 1. The third kappa shape index (κ3) is 2.53. The third-order valence-corrected chi connectivity index (χ3v) is 5.83. The Morgan fingerprint density at radius 3 is 2.44 bits per heavy atom. The maximum atomic E-state index is 6.48. The average Bonchev–Trinajstić information content (AvgIpc) is 2.59. The van der Waals surface area contributed by atoms with E-state index >= 15 is 0 Å². The fourth-order valence-corrected chi connectivity index (χ4v) is 4.03. The number of hydrogen-bond acceptors (Lipinski definition) is 1. The molecule has 16 heavy (non-hydrogen) atoms. The van der Waals surface area contributed by atoms with Crippen LogP contribution in [0.15, 0.2) is 39.3 Å². The van der Waals surface area contributed by atoms with E-state index in [0.29, 0.717) is 0 Å². The van der Waals surface area contributed by atoms with Crippen LogP contribution in [0.2, 0.25) is 0 Å². The van der Waals surface area contributed by atoms with Gasteiger partial charge in [0.05, 0.1) is 5.38 Å². The van der Waals surface area contributed by atoms with Crippen LogP contribution in [0.1, 0.15) is 20.7 Å². The van der Waals surface area contributed by atoms with Gasteiger partial charge in [0.15, 0.2) is 0 Å². The van der Waals surface area contributed by atoms with Gasteiger partial charge in [-0.05, 0) is 40.5 Å². The molecule has 0 radical (unpaired) electrons. The second-order valence-corrected chi connectivity index (χ2v) is 6.87. The molecule has 0 aliphatic heterocycles. The van der Waals surface area contributed by atoms with E-state index in [-0.39, 0.29) is 5.38 Å². The summed E-state index contributed by atoms with van der Waals surface area (Å²) >= 11 is 15.3. The van der Waals surface area contributed by atoms with Crippen molar-refractivity contribution in [1.82, 2.24) is 0 Å². The monoisotopic (exact) mass is 378 g/mol. The Balaban J connectivity index is 2.39. The number of rotatable bonds is 2. The van der Waals surface area contributed by atoms with Crippen LogP contribution in [0, 0.1) is 6.92 Å². The summed E-state index contributed by atoms with van der Waals surface area (Å²) in [6.45, 7) is 2.09. The lowest BCUT2D eigenvalue weighted by Crippen LogP contribution is -1.90. The van der Waals surface area contributed by atoms with Crippen molar-refractivity contribution in [2.45, 2.75) is 12.3 Å². The van der Waals surface area contributed by atoms with Crippen LogP contribution in [0.25, 0.3) is 0 Å². The lowest BCUT2D eigenvalue weighted by Gasteiger charge is -2.09. The lowest BCUT2D eigenvalue weighted by molar-refractivity contribution is 1.17. The van der Waals surface area contributed by atoms with Crippen LogP contribution >= 0.6 is 54.8 Å². The van der Waals surface area contributed by atoms with Crippen LogP contribution in [0.4, 0.5) is 0 Å². The van der Waals surface area contributed by atoms with Gasteiger partial charge in [-0.2, -0.15) is 0 Å². The molecule has 2 rings (SSSR count). The quantitative estimate of drug-likeness (QED) is 0.568. The van der Waals surface area contributed by atoms with E-state index in [2.05, 4.69) is 44.8 Å². The fourth-order valence-electron chi connectivity index (χ4n) is 1.44. The van der Waals surface area contributed by atoms with Crippen LogP contribution in [-0.2, 0) is 0 Å². The smallest absolute Gasteiger partial charge is 0.0939 e. The standard InChI is InChI=1S/C12H9Br2ClS/c1-7-10(14)6-11(16-7)12(15)8-4-2-3-5-9(8)13/h2-6,12H,1H3. The van der Waals surface area contributed by atoms with Crippen LogP contribution in [-0.4, -0.2) is 0 Å². The van der Waals surface area contributed by atoms with Crippen molar-refractivity contribution in [2.75, 3.05) is 0 Å². The molecule has 1 aromatic carbocycles. The van der Waals surface area contributed by atoms with Crippen LogP contribution in [0.3, 0.4) is 0 Å². The first kappa shape index (κ1) is 12.6. The van der Waals surface area contributed by atoms with E-state index in [0.717, 1.165) is 19.4 Å². The minimum atomic E-state index is -0.0921. The minimum Gasteiger partial charge on any atom is -0.143 e. The zero-order valence-electron chi connectivity index (χ0n) is 8.51. The van der Waals surface area contributed by atoms with Crippen molar-refractivity contribution in [2.24, 2.45) is 0 Å². The maximum Gasteiger partial charge on any atom is 0.0939 e. The van der Waals surface area contributed by atoms with Gasteiger partial charge in [-0.1, -0.05) is 34.1 Å². The van der Waals surface area contributed by atoms with Gasteiger partial charge in [-0.3, -0.25) is 0 Å². The molecule has 1 unspecified atom stereocenters. The predicted octanol–water partition coefficient (Wildman–Crippen LogP) is 5.91. The van der Waals surface area contributed by atoms with Crippen molar-refractivity contribution in [3.63, 3.8) is 0 Å². The van der Waals surface area contributed by atoms with Crippen LogP contribution in [0.5, 0.6) is 0 Å². The summed E-state index contributed by atoms with van der Waals surface area (Å²) in [5, 5.41) is -0.0921. The zero-order chi connectivity index (χ0) is 11.7. The highest BCUT2D eigenvalue weighted by atomic mass is 79.9. The fraction of sp³-hybridized carbons (Fsp3) is 0.167. The summed E-state index contributed by atoms with van der Waals surface area (Å²) in [7, 11) is 0. The summed E-state index contributed by atoms with van der Waals surface area (Å²) in [6.07, 6.45) is 0. The molecule has 0 amide bonds. The predicted molar refractivity (Wildman–Crippen MR) is 78.6 cm³/mol. The van der Waals surface area contributed by atoms with Gasteiger partial charge in [-0.25, -0.2) is 0 Å². The molecule has 0 bridgehead atoms. The molecule has 84 valence electrons. The number of hydrogen-bond donors (Lipinski definition) is 0. The summed E-state index contributed by atoms with van der Waals surface area (Å²) in [5.74, 6) is 0. The summed E-state index contributed by atoms with van der Waals surface area (Å²) < 4.78 is 2.18. The molecule has 0 saturated heterocycles. The first-order valence-electron chi connectivity index (χ1n) is 4.74. The number of benzene rings is 1. The van der Waals surface area contributed by atoms with Crippen molar-refractivity contribution in [3.05, 3.63) is 54.6 Å². The largest absolute Gasteiger partial charge is 0.143 e. The van der Waals surface area contributed by atoms with Gasteiger partial charge in [0.25, 0.3) is 0 Å². The molecule has 0 saturated carbocycles. The molecular formula is C12H9Br2ClS. The molecule has 0 spiro atoms. The Bertz CT molecular complexity index is 488. The van der Waals surface area contributed by atoms with Crippen molar-refractivity contribution < 1.29 is 0 Å². The second-order valence-electron chi connectivity index (χ2n) is 3.44. The first-order chi connectivity index (χ1) is 7.59. The Kier molecular flexibility index (Phi) is 4.11. The van der Waals surface area contributed by atoms with E-state index in [4.69, 9.17) is 11.6 Å². The number of alkyl halides is 1. The van der Waals surface area contributed by atoms with E-state index < -0.39 is 0 Å². The highest BCUT2D eigenvalue weighted by Crippen LogP contribution is 2.39. The Morgan fingerprint density at radius 2 is 1.88 bits per heavy atom.